The second kappa shape index (κ2) is 11.1. The van der Waals surface area contributed by atoms with Gasteiger partial charge in [0.2, 0.25) is 0 Å². The second-order valence-corrected chi connectivity index (χ2v) is 8.92. The molecule has 9 nitrogen and oxygen atoms in total. The Labute approximate surface area is 205 Å². The number of aromatic hydroxyl groups is 1. The number of nitrogens with one attached hydrogen (secondary N) is 1. The van der Waals surface area contributed by atoms with E-state index < -0.39 is 0 Å². The Morgan fingerprint density at radius 1 is 1.20 bits per heavy atom. The lowest BCUT2D eigenvalue weighted by Gasteiger charge is -2.23. The van der Waals surface area contributed by atoms with Crippen molar-refractivity contribution >= 4 is 12.0 Å². The third-order valence-corrected chi connectivity index (χ3v) is 6.15. The molecular formula is C26H32N6O3. The van der Waals surface area contributed by atoms with E-state index in [0.717, 1.165) is 49.8 Å². The number of hydrogen-bond acceptors (Lipinski definition) is 7. The largest absolute Gasteiger partial charge is 0.504 e. The summed E-state index contributed by atoms with van der Waals surface area (Å²) in [6.45, 7) is 7.39. The fraction of sp³-hybridized carbons (Fsp3) is 0.385. The van der Waals surface area contributed by atoms with Crippen LogP contribution in [0.4, 0.5) is 0 Å². The number of aromatic nitrogens is 4. The van der Waals surface area contributed by atoms with Gasteiger partial charge < -0.3 is 19.7 Å². The Kier molecular flexibility index (Phi) is 7.77. The molecule has 1 aliphatic rings. The van der Waals surface area contributed by atoms with Crippen LogP contribution in [0, 0.1) is 5.92 Å². The quantitative estimate of drug-likeness (QED) is 0.515. The van der Waals surface area contributed by atoms with Gasteiger partial charge in [-0.1, -0.05) is 38.1 Å². The summed E-state index contributed by atoms with van der Waals surface area (Å²) in [5.41, 5.74) is 1.36. The molecule has 1 aromatic carbocycles. The first-order chi connectivity index (χ1) is 17.0. The highest BCUT2D eigenvalue weighted by Gasteiger charge is 2.27. The summed E-state index contributed by atoms with van der Waals surface area (Å²) in [5.74, 6) is 2.24. The fourth-order valence-corrected chi connectivity index (χ4v) is 4.18. The third kappa shape index (κ3) is 5.86. The molecule has 2 N–H and O–H groups in total. The van der Waals surface area contributed by atoms with Gasteiger partial charge in [0.05, 0.1) is 13.2 Å². The minimum Gasteiger partial charge on any atom is -0.504 e. The Balaban J connectivity index is 1.41. The van der Waals surface area contributed by atoms with E-state index in [2.05, 4.69) is 49.9 Å². The Morgan fingerprint density at radius 3 is 2.80 bits per heavy atom. The van der Waals surface area contributed by atoms with E-state index in [1.54, 1.807) is 37.6 Å². The summed E-state index contributed by atoms with van der Waals surface area (Å²) < 4.78 is 7.33. The minimum absolute atomic E-state index is 0.131. The summed E-state index contributed by atoms with van der Waals surface area (Å²) in [5, 5.41) is 21.8. The van der Waals surface area contributed by atoms with Crippen molar-refractivity contribution < 1.29 is 14.6 Å². The molecule has 35 heavy (non-hydrogen) atoms. The monoisotopic (exact) mass is 476 g/mol. The summed E-state index contributed by atoms with van der Waals surface area (Å²) in [7, 11) is 1.54. The van der Waals surface area contributed by atoms with Crippen LogP contribution in [0.1, 0.15) is 47.6 Å². The van der Waals surface area contributed by atoms with E-state index in [4.69, 9.17) is 4.74 Å². The number of rotatable bonds is 8. The van der Waals surface area contributed by atoms with Crippen LogP contribution in [0.2, 0.25) is 0 Å². The Bertz CT molecular complexity index is 1180. The highest BCUT2D eigenvalue weighted by atomic mass is 16.5. The molecular weight excluding hydrogens is 444 g/mol. The van der Waals surface area contributed by atoms with E-state index in [1.807, 2.05) is 18.2 Å². The molecule has 184 valence electrons. The molecule has 0 spiro atoms. The van der Waals surface area contributed by atoms with Gasteiger partial charge in [0, 0.05) is 38.8 Å². The molecule has 0 bridgehead atoms. The molecule has 2 aromatic heterocycles. The normalized spacial score (nSPS) is 15.1. The number of hydrogen-bond donors (Lipinski definition) is 2. The number of fused-ring (bicyclic) bond motifs is 1. The number of ether oxygens (including phenoxy) is 1. The van der Waals surface area contributed by atoms with Crippen molar-refractivity contribution in [1.29, 1.82) is 0 Å². The van der Waals surface area contributed by atoms with Gasteiger partial charge in [-0.3, -0.25) is 14.7 Å². The van der Waals surface area contributed by atoms with Gasteiger partial charge in [-0.25, -0.2) is 0 Å². The van der Waals surface area contributed by atoms with Gasteiger partial charge in [-0.2, -0.15) is 0 Å². The maximum atomic E-state index is 12.8. The summed E-state index contributed by atoms with van der Waals surface area (Å²) in [6, 6.07) is 10.3. The minimum atomic E-state index is -0.262. The van der Waals surface area contributed by atoms with Crippen molar-refractivity contribution in [3.05, 3.63) is 71.6 Å². The first kappa shape index (κ1) is 24.4. The lowest BCUT2D eigenvalue weighted by atomic mass is 10.0. The van der Waals surface area contributed by atoms with Gasteiger partial charge >= 0.3 is 0 Å². The van der Waals surface area contributed by atoms with Crippen LogP contribution < -0.4 is 10.1 Å². The zero-order valence-electron chi connectivity index (χ0n) is 20.4. The lowest BCUT2D eigenvalue weighted by Crippen LogP contribution is -2.35. The molecule has 3 aromatic rings. The van der Waals surface area contributed by atoms with Crippen LogP contribution in [0.25, 0.3) is 6.08 Å². The molecule has 0 saturated heterocycles. The average molecular weight is 477 g/mol. The number of amides is 1. The Morgan fingerprint density at radius 2 is 2.06 bits per heavy atom. The summed E-state index contributed by atoms with van der Waals surface area (Å²) in [4.78, 5) is 19.3. The molecule has 0 aliphatic carbocycles. The zero-order valence-corrected chi connectivity index (χ0v) is 20.4. The van der Waals surface area contributed by atoms with Crippen molar-refractivity contribution in [2.75, 3.05) is 26.7 Å². The van der Waals surface area contributed by atoms with Gasteiger partial charge in [0.25, 0.3) is 5.91 Å². The smallest absolute Gasteiger partial charge is 0.270 e. The first-order valence-electron chi connectivity index (χ1n) is 11.9. The molecule has 0 radical (unpaired) electrons. The molecule has 1 unspecified atom stereocenters. The highest BCUT2D eigenvalue weighted by Crippen LogP contribution is 2.27. The van der Waals surface area contributed by atoms with Gasteiger partial charge in [0.15, 0.2) is 17.3 Å². The van der Waals surface area contributed by atoms with Crippen LogP contribution in [-0.2, 0) is 13.0 Å². The fourth-order valence-electron chi connectivity index (χ4n) is 4.18. The molecule has 1 amide bonds. The third-order valence-electron chi connectivity index (χ3n) is 6.15. The zero-order chi connectivity index (χ0) is 24.8. The predicted molar refractivity (Wildman–Crippen MR) is 133 cm³/mol. The Hall–Kier alpha value is -3.72. The van der Waals surface area contributed by atoms with Crippen molar-refractivity contribution in [2.45, 2.75) is 32.9 Å². The number of carbonyl (C=O) groups is 1. The summed E-state index contributed by atoms with van der Waals surface area (Å²) in [6.07, 6.45) is 6.54. The van der Waals surface area contributed by atoms with Crippen molar-refractivity contribution in [1.82, 2.24) is 30.0 Å². The number of benzene rings is 1. The maximum absolute atomic E-state index is 12.8. The number of carbonyl (C=O) groups excluding carboxylic acids is 1. The number of pyridine rings is 1. The average Bonchev–Trinajstić information content (AvgIpc) is 3.16. The molecule has 0 saturated carbocycles. The van der Waals surface area contributed by atoms with E-state index in [-0.39, 0.29) is 23.6 Å². The van der Waals surface area contributed by atoms with Crippen LogP contribution in [0.3, 0.4) is 0 Å². The second-order valence-electron chi connectivity index (χ2n) is 8.92. The summed E-state index contributed by atoms with van der Waals surface area (Å²) >= 11 is 0. The molecule has 0 fully saturated rings. The molecule has 3 heterocycles. The molecule has 4 rings (SSSR count). The van der Waals surface area contributed by atoms with Crippen molar-refractivity contribution in [2.24, 2.45) is 5.92 Å². The van der Waals surface area contributed by atoms with Crippen molar-refractivity contribution in [3.63, 3.8) is 0 Å². The lowest BCUT2D eigenvalue weighted by molar-refractivity contribution is 0.0916. The molecule has 1 aliphatic heterocycles. The first-order valence-corrected chi connectivity index (χ1v) is 11.9. The van der Waals surface area contributed by atoms with Gasteiger partial charge in [-0.15, -0.1) is 10.2 Å². The van der Waals surface area contributed by atoms with Crippen LogP contribution in [-0.4, -0.2) is 62.4 Å². The van der Waals surface area contributed by atoms with E-state index >= 15 is 0 Å². The van der Waals surface area contributed by atoms with Crippen LogP contribution in [0.15, 0.2) is 48.7 Å². The standard InChI is InChI=1S/C26H32N6O3/c1-18(2)24(28-26(34)20-8-4-5-12-27-20)25-30-29-23-11-14-31(15-16-32(23)25)13-6-7-19-9-10-21(33)22(17-19)35-3/h4-10,12,17-18,24,33H,11,13-16H2,1-3H3,(H,28,34). The van der Waals surface area contributed by atoms with E-state index in [1.165, 1.54) is 0 Å². The van der Waals surface area contributed by atoms with E-state index in [9.17, 15) is 9.90 Å². The number of nitrogens with zero attached hydrogens (tertiary/aromatic N) is 5. The number of phenols is 1. The number of phenolic OH excluding ortho intramolecular Hbond substituents is 1. The maximum Gasteiger partial charge on any atom is 0.270 e. The van der Waals surface area contributed by atoms with Crippen LogP contribution >= 0.6 is 0 Å². The molecule has 9 heteroatoms. The predicted octanol–water partition coefficient (Wildman–Crippen LogP) is 3.09. The topological polar surface area (TPSA) is 105 Å². The highest BCUT2D eigenvalue weighted by molar-refractivity contribution is 5.92. The SMILES string of the molecule is COc1cc(C=CCN2CCc3nnc(C(NC(=O)c4ccccn4)C(C)C)n3CC2)ccc1O. The van der Waals surface area contributed by atoms with Gasteiger partial charge in [-0.05, 0) is 35.7 Å². The van der Waals surface area contributed by atoms with E-state index in [0.29, 0.717) is 11.4 Å². The van der Waals surface area contributed by atoms with Gasteiger partial charge in [0.1, 0.15) is 11.5 Å². The van der Waals surface area contributed by atoms with Crippen LogP contribution in [0.5, 0.6) is 11.5 Å². The number of methoxy groups -OCH3 is 1. The van der Waals surface area contributed by atoms with Crippen molar-refractivity contribution in [3.8, 4) is 11.5 Å². The molecule has 1 atom stereocenters.